The van der Waals surface area contributed by atoms with Crippen LogP contribution in [0.5, 0.6) is 11.5 Å². The van der Waals surface area contributed by atoms with E-state index >= 15 is 0 Å². The Morgan fingerprint density at radius 2 is 1.88 bits per heavy atom. The largest absolute Gasteiger partial charge is 0.457 e. The molecule has 0 fully saturated rings. The van der Waals surface area contributed by atoms with Gasteiger partial charge in [-0.2, -0.15) is 0 Å². The molecule has 9 nitrogen and oxygen atoms in total. The first-order valence-corrected chi connectivity index (χ1v) is 10.6. The van der Waals surface area contributed by atoms with E-state index in [-0.39, 0.29) is 12.5 Å². The minimum absolute atomic E-state index is 0.0158. The number of carbonyl (C=O) groups is 1. The van der Waals surface area contributed by atoms with E-state index in [1.54, 1.807) is 12.3 Å². The lowest BCUT2D eigenvalue weighted by atomic mass is 10.1. The van der Waals surface area contributed by atoms with Crippen molar-refractivity contribution in [1.82, 2.24) is 19.4 Å². The van der Waals surface area contributed by atoms with Crippen LogP contribution in [-0.4, -0.2) is 39.0 Å². The SMILES string of the molecule is COCC(=O)Nc1ccc2ncnc(Nc3ccc(Oc4ccn5ccnc5c4)c(C)c3)c2c1. The highest BCUT2D eigenvalue weighted by molar-refractivity contribution is 5.97. The fourth-order valence-corrected chi connectivity index (χ4v) is 3.62. The highest BCUT2D eigenvalue weighted by atomic mass is 16.5. The number of nitrogens with one attached hydrogen (secondary N) is 2. The predicted octanol–water partition coefficient (Wildman–Crippen LogP) is 4.71. The number of hydrogen-bond donors (Lipinski definition) is 2. The number of imidazole rings is 1. The zero-order valence-corrected chi connectivity index (χ0v) is 18.6. The number of amides is 1. The molecule has 3 aromatic heterocycles. The lowest BCUT2D eigenvalue weighted by Gasteiger charge is -2.13. The van der Waals surface area contributed by atoms with E-state index in [1.165, 1.54) is 13.4 Å². The van der Waals surface area contributed by atoms with E-state index < -0.39 is 0 Å². The molecule has 170 valence electrons. The highest BCUT2D eigenvalue weighted by Gasteiger charge is 2.10. The number of anilines is 3. The molecule has 1 amide bonds. The summed E-state index contributed by atoms with van der Waals surface area (Å²) in [6, 6.07) is 15.1. The summed E-state index contributed by atoms with van der Waals surface area (Å²) in [6.07, 6.45) is 7.05. The number of methoxy groups -OCH3 is 1. The van der Waals surface area contributed by atoms with Gasteiger partial charge in [-0.1, -0.05) is 0 Å². The maximum atomic E-state index is 11.9. The van der Waals surface area contributed by atoms with E-state index in [2.05, 4.69) is 25.6 Å². The average Bonchev–Trinajstić information content (AvgIpc) is 3.29. The molecular formula is C25H22N6O3. The Morgan fingerprint density at radius 1 is 1.00 bits per heavy atom. The van der Waals surface area contributed by atoms with Crippen LogP contribution in [0.1, 0.15) is 5.56 Å². The fraction of sp³-hybridized carbons (Fsp3) is 0.120. The second-order valence-corrected chi connectivity index (χ2v) is 7.70. The normalized spacial score (nSPS) is 11.0. The number of pyridine rings is 1. The van der Waals surface area contributed by atoms with Crippen LogP contribution in [0.3, 0.4) is 0 Å². The van der Waals surface area contributed by atoms with Gasteiger partial charge in [0.25, 0.3) is 0 Å². The number of benzene rings is 2. The van der Waals surface area contributed by atoms with Crippen molar-refractivity contribution in [2.45, 2.75) is 6.92 Å². The van der Waals surface area contributed by atoms with Crippen molar-refractivity contribution in [3.05, 3.63) is 79.0 Å². The van der Waals surface area contributed by atoms with Gasteiger partial charge >= 0.3 is 0 Å². The summed E-state index contributed by atoms with van der Waals surface area (Å²) >= 11 is 0. The van der Waals surface area contributed by atoms with Gasteiger partial charge < -0.3 is 24.5 Å². The zero-order chi connectivity index (χ0) is 23.5. The summed E-state index contributed by atoms with van der Waals surface area (Å²) in [5.41, 5.74) is 4.03. The van der Waals surface area contributed by atoms with Crippen molar-refractivity contribution in [1.29, 1.82) is 0 Å². The molecule has 0 radical (unpaired) electrons. The summed E-state index contributed by atoms with van der Waals surface area (Å²) in [4.78, 5) is 24.9. The van der Waals surface area contributed by atoms with Gasteiger partial charge in [-0.25, -0.2) is 15.0 Å². The maximum absolute atomic E-state index is 11.9. The van der Waals surface area contributed by atoms with Gasteiger partial charge in [-0.15, -0.1) is 0 Å². The number of fused-ring (bicyclic) bond motifs is 2. The Balaban J connectivity index is 1.37. The van der Waals surface area contributed by atoms with Crippen LogP contribution in [0.2, 0.25) is 0 Å². The molecule has 3 heterocycles. The van der Waals surface area contributed by atoms with Crippen LogP contribution in [0.25, 0.3) is 16.6 Å². The summed E-state index contributed by atoms with van der Waals surface area (Å²) < 4.78 is 12.9. The molecule has 5 aromatic rings. The van der Waals surface area contributed by atoms with Crippen LogP contribution in [0, 0.1) is 6.92 Å². The van der Waals surface area contributed by atoms with E-state index in [4.69, 9.17) is 9.47 Å². The zero-order valence-electron chi connectivity index (χ0n) is 18.6. The summed E-state index contributed by atoms with van der Waals surface area (Å²) in [6.45, 7) is 1.97. The van der Waals surface area contributed by atoms with Gasteiger partial charge in [0.05, 0.1) is 5.52 Å². The fourth-order valence-electron chi connectivity index (χ4n) is 3.62. The number of aryl methyl sites for hydroxylation is 1. The molecule has 0 bridgehead atoms. The van der Waals surface area contributed by atoms with Gasteiger partial charge in [-0.3, -0.25) is 4.79 Å². The number of rotatable bonds is 7. The molecule has 0 aliphatic carbocycles. The molecule has 0 atom stereocenters. The highest BCUT2D eigenvalue weighted by Crippen LogP contribution is 2.30. The van der Waals surface area contributed by atoms with Gasteiger partial charge in [-0.05, 0) is 55.0 Å². The molecule has 2 N–H and O–H groups in total. The summed E-state index contributed by atoms with van der Waals surface area (Å²) in [5.74, 6) is 1.86. The van der Waals surface area contributed by atoms with Crippen LogP contribution in [0.15, 0.2) is 73.4 Å². The lowest BCUT2D eigenvalue weighted by molar-refractivity contribution is -0.119. The molecule has 2 aromatic carbocycles. The smallest absolute Gasteiger partial charge is 0.250 e. The molecule has 0 saturated heterocycles. The molecule has 34 heavy (non-hydrogen) atoms. The monoisotopic (exact) mass is 454 g/mol. The molecule has 5 rings (SSSR count). The molecule has 9 heteroatoms. The summed E-state index contributed by atoms with van der Waals surface area (Å²) in [7, 11) is 1.48. The van der Waals surface area contributed by atoms with Crippen molar-refractivity contribution in [3.63, 3.8) is 0 Å². The van der Waals surface area contributed by atoms with Gasteiger partial charge in [0, 0.05) is 48.5 Å². The third-order valence-corrected chi connectivity index (χ3v) is 5.23. The van der Waals surface area contributed by atoms with E-state index in [0.29, 0.717) is 17.3 Å². The third kappa shape index (κ3) is 4.50. The number of nitrogens with zero attached hydrogens (tertiary/aromatic N) is 4. The Morgan fingerprint density at radius 3 is 2.74 bits per heavy atom. The number of aromatic nitrogens is 4. The van der Waals surface area contributed by atoms with Crippen molar-refractivity contribution in [2.75, 3.05) is 24.4 Å². The first-order chi connectivity index (χ1) is 16.6. The topological polar surface area (TPSA) is 103 Å². The molecule has 0 aliphatic rings. The van der Waals surface area contributed by atoms with Crippen molar-refractivity contribution in [3.8, 4) is 11.5 Å². The Bertz CT molecular complexity index is 1500. The minimum Gasteiger partial charge on any atom is -0.457 e. The lowest BCUT2D eigenvalue weighted by Crippen LogP contribution is -2.17. The molecule has 0 aliphatic heterocycles. The van der Waals surface area contributed by atoms with Crippen LogP contribution in [0.4, 0.5) is 17.2 Å². The Labute approximate surface area is 195 Å². The van der Waals surface area contributed by atoms with Crippen LogP contribution < -0.4 is 15.4 Å². The molecular weight excluding hydrogens is 432 g/mol. The Hall–Kier alpha value is -4.50. The first-order valence-electron chi connectivity index (χ1n) is 10.6. The Kier molecular flexibility index (Phi) is 5.75. The van der Waals surface area contributed by atoms with E-state index in [9.17, 15) is 4.79 Å². The van der Waals surface area contributed by atoms with Crippen LogP contribution in [-0.2, 0) is 9.53 Å². The molecule has 0 unspecified atom stereocenters. The predicted molar refractivity (Wildman–Crippen MR) is 130 cm³/mol. The third-order valence-electron chi connectivity index (χ3n) is 5.23. The van der Waals surface area contributed by atoms with Gasteiger partial charge in [0.1, 0.15) is 35.9 Å². The van der Waals surface area contributed by atoms with Crippen LogP contribution >= 0.6 is 0 Å². The van der Waals surface area contributed by atoms with Gasteiger partial charge in [0.15, 0.2) is 0 Å². The van der Waals surface area contributed by atoms with Crippen molar-refractivity contribution in [2.24, 2.45) is 0 Å². The summed E-state index contributed by atoms with van der Waals surface area (Å²) in [5, 5.41) is 6.93. The van der Waals surface area contributed by atoms with Crippen molar-refractivity contribution < 1.29 is 14.3 Å². The standard InChI is InChI=1S/C25H22N6O3/c1-16-11-17(4-6-22(16)34-19-7-9-31-10-8-26-23(31)13-19)30-25-20-12-18(29-24(32)14-33-2)3-5-21(20)27-15-28-25/h3-13,15H,14H2,1-2H3,(H,29,32)(H,27,28,30). The van der Waals surface area contributed by atoms with Crippen molar-refractivity contribution >= 4 is 39.6 Å². The second kappa shape index (κ2) is 9.16. The molecule has 0 spiro atoms. The number of hydrogen-bond acceptors (Lipinski definition) is 7. The van der Waals surface area contributed by atoms with E-state index in [1.807, 2.05) is 66.2 Å². The second-order valence-electron chi connectivity index (χ2n) is 7.70. The molecule has 0 saturated carbocycles. The van der Waals surface area contributed by atoms with Gasteiger partial charge in [0.2, 0.25) is 5.91 Å². The first kappa shape index (κ1) is 21.4. The average molecular weight is 454 g/mol. The van der Waals surface area contributed by atoms with E-state index in [0.717, 1.165) is 33.6 Å². The minimum atomic E-state index is -0.230. The number of carbonyl (C=O) groups excluding carboxylic acids is 1. The quantitative estimate of drug-likeness (QED) is 0.367. The maximum Gasteiger partial charge on any atom is 0.250 e. The number of ether oxygens (including phenoxy) is 2.